The van der Waals surface area contributed by atoms with Gasteiger partial charge in [0.1, 0.15) is 0 Å². The van der Waals surface area contributed by atoms with Crippen molar-refractivity contribution in [1.82, 2.24) is 15.3 Å². The highest BCUT2D eigenvalue weighted by atomic mass is 16.1. The third kappa shape index (κ3) is 3.98. The number of amides is 1. The van der Waals surface area contributed by atoms with Gasteiger partial charge in [-0.25, -0.2) is 9.97 Å². The lowest BCUT2D eigenvalue weighted by Crippen LogP contribution is -2.41. The maximum Gasteiger partial charge on any atom is 0.227 e. The summed E-state index contributed by atoms with van der Waals surface area (Å²) < 4.78 is 0. The predicted octanol–water partition coefficient (Wildman–Crippen LogP) is 2.71. The van der Waals surface area contributed by atoms with Crippen molar-refractivity contribution in [3.8, 4) is 0 Å². The van der Waals surface area contributed by atoms with Crippen molar-refractivity contribution >= 4 is 11.9 Å². The van der Waals surface area contributed by atoms with Crippen LogP contribution in [0.15, 0.2) is 36.5 Å². The number of carbonyl (C=O) groups is 1. The Labute approximate surface area is 149 Å². The molecule has 0 fully saturated rings. The molecular formula is C20H26N4O. The number of aromatic nitrogens is 2. The number of fused-ring (bicyclic) bond motifs is 1. The summed E-state index contributed by atoms with van der Waals surface area (Å²) in [7, 11) is 3.89. The van der Waals surface area contributed by atoms with Gasteiger partial charge in [-0.3, -0.25) is 4.79 Å². The van der Waals surface area contributed by atoms with Crippen molar-refractivity contribution < 1.29 is 4.79 Å². The fraction of sp³-hybridized carbons (Fsp3) is 0.450. The number of nitrogens with zero attached hydrogens (tertiary/aromatic N) is 3. The van der Waals surface area contributed by atoms with Crippen LogP contribution in [-0.4, -0.2) is 36.0 Å². The molecule has 1 aromatic carbocycles. The van der Waals surface area contributed by atoms with Crippen LogP contribution in [0.25, 0.3) is 0 Å². The standard InChI is InChI=1S/C20H26N4O/c1-4-17(14-8-6-5-7-9-14)19(25)22-16-10-11-18-15(12-16)13-21-20(23-18)24(2)3/h5-9,13,16-17H,4,10-12H2,1-3H3,(H,22,25)/t16-,17-/m1/s1. The molecule has 1 N–H and O–H groups in total. The molecule has 5 nitrogen and oxygen atoms in total. The number of anilines is 1. The van der Waals surface area contributed by atoms with Crippen LogP contribution in [0, 0.1) is 0 Å². The largest absolute Gasteiger partial charge is 0.352 e. The Kier molecular flexibility index (Phi) is 5.31. The van der Waals surface area contributed by atoms with E-state index in [0.717, 1.165) is 48.5 Å². The number of aryl methyl sites for hydroxylation is 1. The number of hydrogen-bond donors (Lipinski definition) is 1. The van der Waals surface area contributed by atoms with Gasteiger partial charge in [-0.2, -0.15) is 0 Å². The van der Waals surface area contributed by atoms with Gasteiger partial charge < -0.3 is 10.2 Å². The molecule has 2 atom stereocenters. The van der Waals surface area contributed by atoms with Crippen molar-refractivity contribution in [2.24, 2.45) is 0 Å². The first-order chi connectivity index (χ1) is 12.1. The molecule has 2 aromatic rings. The molecule has 1 heterocycles. The second-order valence-corrected chi connectivity index (χ2v) is 6.86. The molecule has 0 aliphatic heterocycles. The molecule has 1 aliphatic carbocycles. The maximum atomic E-state index is 12.7. The molecule has 132 valence electrons. The van der Waals surface area contributed by atoms with E-state index in [4.69, 9.17) is 0 Å². The second-order valence-electron chi connectivity index (χ2n) is 6.86. The van der Waals surface area contributed by atoms with Crippen LogP contribution in [0.3, 0.4) is 0 Å². The third-order valence-corrected chi connectivity index (χ3v) is 4.81. The van der Waals surface area contributed by atoms with Crippen molar-refractivity contribution in [1.29, 1.82) is 0 Å². The van der Waals surface area contributed by atoms with Gasteiger partial charge in [0.05, 0.1) is 5.92 Å². The Balaban J connectivity index is 1.67. The van der Waals surface area contributed by atoms with Crippen LogP contribution in [-0.2, 0) is 17.6 Å². The van der Waals surface area contributed by atoms with Crippen LogP contribution in [0.2, 0.25) is 0 Å². The molecule has 0 unspecified atom stereocenters. The van der Waals surface area contributed by atoms with Crippen molar-refractivity contribution in [2.45, 2.75) is 44.6 Å². The molecule has 25 heavy (non-hydrogen) atoms. The van der Waals surface area contributed by atoms with Crippen LogP contribution in [0.4, 0.5) is 5.95 Å². The van der Waals surface area contributed by atoms with E-state index in [1.165, 1.54) is 0 Å². The number of benzene rings is 1. The summed E-state index contributed by atoms with van der Waals surface area (Å²) in [6, 6.07) is 10.2. The van der Waals surface area contributed by atoms with Gasteiger partial charge in [0.25, 0.3) is 0 Å². The first kappa shape index (κ1) is 17.4. The molecule has 3 rings (SSSR count). The SMILES string of the molecule is CC[C@@H](C(=O)N[C@@H]1CCc2nc(N(C)C)ncc2C1)c1ccccc1. The van der Waals surface area contributed by atoms with Crippen molar-refractivity contribution in [3.63, 3.8) is 0 Å². The molecule has 5 heteroatoms. The number of rotatable bonds is 5. The topological polar surface area (TPSA) is 58.1 Å². The maximum absolute atomic E-state index is 12.7. The molecule has 0 saturated heterocycles. The first-order valence-electron chi connectivity index (χ1n) is 8.96. The molecule has 0 spiro atoms. The molecule has 0 saturated carbocycles. The summed E-state index contributed by atoms with van der Waals surface area (Å²) in [5.41, 5.74) is 3.34. The number of hydrogen-bond acceptors (Lipinski definition) is 4. The molecule has 0 radical (unpaired) electrons. The summed E-state index contributed by atoms with van der Waals surface area (Å²) in [6.45, 7) is 2.06. The Hall–Kier alpha value is -2.43. The lowest BCUT2D eigenvalue weighted by atomic mass is 9.91. The summed E-state index contributed by atoms with van der Waals surface area (Å²) in [6.07, 6.45) is 5.32. The highest BCUT2D eigenvalue weighted by molar-refractivity contribution is 5.83. The van der Waals surface area contributed by atoms with E-state index < -0.39 is 0 Å². The molecule has 1 aromatic heterocycles. The van der Waals surface area contributed by atoms with Crippen molar-refractivity contribution in [3.05, 3.63) is 53.3 Å². The van der Waals surface area contributed by atoms with E-state index >= 15 is 0 Å². The zero-order valence-electron chi connectivity index (χ0n) is 15.2. The minimum absolute atomic E-state index is 0.0880. The van der Waals surface area contributed by atoms with Crippen LogP contribution < -0.4 is 10.2 Å². The zero-order valence-corrected chi connectivity index (χ0v) is 15.2. The lowest BCUT2D eigenvalue weighted by molar-refractivity contribution is -0.123. The van der Waals surface area contributed by atoms with Gasteiger partial charge in [0.15, 0.2) is 0 Å². The number of nitrogens with one attached hydrogen (secondary N) is 1. The summed E-state index contributed by atoms with van der Waals surface area (Å²) in [4.78, 5) is 23.7. The average molecular weight is 338 g/mol. The van der Waals surface area contributed by atoms with Gasteiger partial charge in [-0.15, -0.1) is 0 Å². The summed E-state index contributed by atoms with van der Waals surface area (Å²) in [5.74, 6) is 0.777. The van der Waals surface area contributed by atoms with Crippen LogP contribution in [0.5, 0.6) is 0 Å². The Bertz CT molecular complexity index is 730. The van der Waals surface area contributed by atoms with E-state index in [0.29, 0.717) is 0 Å². The molecule has 1 aliphatic rings. The van der Waals surface area contributed by atoms with E-state index in [1.807, 2.05) is 55.5 Å². The highest BCUT2D eigenvalue weighted by Crippen LogP contribution is 2.23. The van der Waals surface area contributed by atoms with Crippen LogP contribution >= 0.6 is 0 Å². The molecule has 1 amide bonds. The average Bonchev–Trinajstić information content (AvgIpc) is 2.62. The molecular weight excluding hydrogens is 312 g/mol. The third-order valence-electron chi connectivity index (χ3n) is 4.81. The number of carbonyl (C=O) groups excluding carboxylic acids is 1. The smallest absolute Gasteiger partial charge is 0.227 e. The van der Waals surface area contributed by atoms with E-state index in [-0.39, 0.29) is 17.9 Å². The minimum atomic E-state index is -0.0880. The fourth-order valence-corrected chi connectivity index (χ4v) is 3.40. The normalized spacial score (nSPS) is 17.5. The lowest BCUT2D eigenvalue weighted by Gasteiger charge is -2.27. The van der Waals surface area contributed by atoms with Crippen molar-refractivity contribution in [2.75, 3.05) is 19.0 Å². The zero-order chi connectivity index (χ0) is 17.8. The molecule has 0 bridgehead atoms. The Morgan fingerprint density at radius 3 is 2.76 bits per heavy atom. The van der Waals surface area contributed by atoms with Gasteiger partial charge in [0.2, 0.25) is 11.9 Å². The second kappa shape index (κ2) is 7.64. The van der Waals surface area contributed by atoms with Gasteiger partial charge in [-0.05, 0) is 36.8 Å². The fourth-order valence-electron chi connectivity index (χ4n) is 3.40. The Morgan fingerprint density at radius 2 is 2.08 bits per heavy atom. The predicted molar refractivity (Wildman–Crippen MR) is 99.8 cm³/mol. The van der Waals surface area contributed by atoms with Gasteiger partial charge >= 0.3 is 0 Å². The monoisotopic (exact) mass is 338 g/mol. The summed E-state index contributed by atoms with van der Waals surface area (Å²) in [5, 5.41) is 3.24. The van der Waals surface area contributed by atoms with E-state index in [1.54, 1.807) is 0 Å². The van der Waals surface area contributed by atoms with E-state index in [2.05, 4.69) is 22.2 Å². The summed E-state index contributed by atoms with van der Waals surface area (Å²) >= 11 is 0. The first-order valence-corrected chi connectivity index (χ1v) is 8.96. The van der Waals surface area contributed by atoms with Gasteiger partial charge in [0, 0.05) is 32.0 Å². The van der Waals surface area contributed by atoms with Gasteiger partial charge in [-0.1, -0.05) is 37.3 Å². The van der Waals surface area contributed by atoms with Crippen LogP contribution in [0.1, 0.15) is 42.5 Å². The van der Waals surface area contributed by atoms with E-state index in [9.17, 15) is 4.79 Å². The quantitative estimate of drug-likeness (QED) is 0.911. The Morgan fingerprint density at radius 1 is 1.32 bits per heavy atom. The highest BCUT2D eigenvalue weighted by Gasteiger charge is 2.25. The minimum Gasteiger partial charge on any atom is -0.352 e.